The zero-order chi connectivity index (χ0) is 21.9. The molecule has 1 nitrogen and oxygen atoms in total. The zero-order valence-electron chi connectivity index (χ0n) is 19.0. The smallest absolute Gasteiger partial charge is 0.151 e. The number of aromatic nitrogens is 1. The maximum atomic E-state index is 2.45. The Morgan fingerprint density at radius 3 is 2.28 bits per heavy atom. The summed E-state index contributed by atoms with van der Waals surface area (Å²) in [5, 5.41) is 2.67. The minimum absolute atomic E-state index is 0.00183. The molecule has 1 heterocycles. The second-order valence-electron chi connectivity index (χ2n) is 9.53. The lowest BCUT2D eigenvalue weighted by Crippen LogP contribution is -2.14. The number of para-hydroxylation sites is 1. The van der Waals surface area contributed by atoms with Crippen LogP contribution in [-0.4, -0.2) is 11.8 Å². The monoisotopic (exact) mass is 412 g/mol. The van der Waals surface area contributed by atoms with Crippen LogP contribution in [0.3, 0.4) is 0 Å². The van der Waals surface area contributed by atoms with Crippen molar-refractivity contribution in [3.63, 3.8) is 0 Å². The second-order valence-corrected chi connectivity index (χ2v) is 9.53. The molecule has 1 aromatic heterocycles. The molecule has 155 valence electrons. The molecule has 0 unspecified atom stereocenters. The van der Waals surface area contributed by atoms with Gasteiger partial charge in [0.2, 0.25) is 0 Å². The summed E-state index contributed by atoms with van der Waals surface area (Å²) in [5.74, 6) is 0. The number of rotatable bonds is 4. The SMILES string of the molecule is CCC[B]c1ccc2c(c1)c1cc3c(cc1n2-c1ccccc1)C(C)(C)c1ccccc1-3. The highest BCUT2D eigenvalue weighted by Gasteiger charge is 2.36. The van der Waals surface area contributed by atoms with E-state index in [4.69, 9.17) is 0 Å². The Bertz CT molecular complexity index is 1470. The van der Waals surface area contributed by atoms with Crippen molar-refractivity contribution in [3.8, 4) is 16.8 Å². The Morgan fingerprint density at radius 2 is 1.47 bits per heavy atom. The van der Waals surface area contributed by atoms with Crippen LogP contribution in [0.2, 0.25) is 6.32 Å². The summed E-state index contributed by atoms with van der Waals surface area (Å²) in [6.07, 6.45) is 2.28. The van der Waals surface area contributed by atoms with Crippen molar-refractivity contribution >= 4 is 34.5 Å². The molecule has 5 aromatic rings. The predicted molar refractivity (Wildman–Crippen MR) is 139 cm³/mol. The summed E-state index contributed by atoms with van der Waals surface area (Å²) in [6, 6.07) is 31.5. The minimum Gasteiger partial charge on any atom is -0.309 e. The van der Waals surface area contributed by atoms with Crippen LogP contribution < -0.4 is 5.46 Å². The van der Waals surface area contributed by atoms with Crippen LogP contribution in [0.25, 0.3) is 38.6 Å². The Balaban J connectivity index is 1.71. The van der Waals surface area contributed by atoms with Gasteiger partial charge >= 0.3 is 0 Å². The van der Waals surface area contributed by atoms with Crippen molar-refractivity contribution < 1.29 is 0 Å². The molecule has 32 heavy (non-hydrogen) atoms. The van der Waals surface area contributed by atoms with Gasteiger partial charge in [0.1, 0.15) is 0 Å². The Morgan fingerprint density at radius 1 is 0.719 bits per heavy atom. The number of nitrogens with zero attached hydrogens (tertiary/aromatic N) is 1. The van der Waals surface area contributed by atoms with E-state index >= 15 is 0 Å². The first-order chi connectivity index (χ1) is 15.6. The van der Waals surface area contributed by atoms with E-state index in [0.717, 1.165) is 6.32 Å². The molecule has 0 saturated carbocycles. The van der Waals surface area contributed by atoms with Gasteiger partial charge in [0.15, 0.2) is 7.28 Å². The summed E-state index contributed by atoms with van der Waals surface area (Å²) in [6.45, 7) is 6.95. The molecular formula is C30H27BN. The summed E-state index contributed by atoms with van der Waals surface area (Å²) < 4.78 is 2.44. The fraction of sp³-hybridized carbons (Fsp3) is 0.200. The maximum absolute atomic E-state index is 2.45. The van der Waals surface area contributed by atoms with Gasteiger partial charge in [-0.2, -0.15) is 0 Å². The number of fused-ring (bicyclic) bond motifs is 6. The standard InChI is InChI=1S/C30H27BN/c1-4-16-31-20-14-15-28-24(17-20)25-18-23-22-12-8-9-13-26(22)30(2,3)27(23)19-29(25)32(28)21-10-6-5-7-11-21/h5-15,17-19H,4,16H2,1-3H3. The first kappa shape index (κ1) is 19.4. The maximum Gasteiger partial charge on any atom is 0.151 e. The van der Waals surface area contributed by atoms with Gasteiger partial charge in [-0.1, -0.05) is 93.6 Å². The van der Waals surface area contributed by atoms with Crippen LogP contribution in [-0.2, 0) is 5.41 Å². The van der Waals surface area contributed by atoms with E-state index in [0.29, 0.717) is 0 Å². The summed E-state index contributed by atoms with van der Waals surface area (Å²) in [7, 11) is 2.36. The van der Waals surface area contributed by atoms with E-state index in [-0.39, 0.29) is 5.41 Å². The summed E-state index contributed by atoms with van der Waals surface area (Å²) in [5.41, 5.74) is 10.7. The highest BCUT2D eigenvalue weighted by atomic mass is 15.0. The van der Waals surface area contributed by atoms with Gasteiger partial charge in [0.05, 0.1) is 11.0 Å². The van der Waals surface area contributed by atoms with Crippen LogP contribution in [0.4, 0.5) is 0 Å². The first-order valence-corrected chi connectivity index (χ1v) is 11.7. The molecule has 0 spiro atoms. The molecule has 0 fully saturated rings. The number of hydrogen-bond acceptors (Lipinski definition) is 0. The van der Waals surface area contributed by atoms with E-state index in [1.165, 1.54) is 61.6 Å². The molecule has 0 aliphatic heterocycles. The van der Waals surface area contributed by atoms with Gasteiger partial charge in [0.25, 0.3) is 0 Å². The summed E-state index contributed by atoms with van der Waals surface area (Å²) in [4.78, 5) is 0. The molecule has 0 saturated heterocycles. The van der Waals surface area contributed by atoms with E-state index in [1.807, 2.05) is 0 Å². The van der Waals surface area contributed by atoms with Gasteiger partial charge in [0, 0.05) is 21.9 Å². The van der Waals surface area contributed by atoms with Gasteiger partial charge in [-0.3, -0.25) is 0 Å². The lowest BCUT2D eigenvalue weighted by molar-refractivity contribution is 0.661. The van der Waals surface area contributed by atoms with E-state index < -0.39 is 0 Å². The van der Waals surface area contributed by atoms with Crippen molar-refractivity contribution in [2.45, 2.75) is 38.9 Å². The molecule has 0 amide bonds. The molecule has 1 aliphatic rings. The third-order valence-corrected chi connectivity index (χ3v) is 7.18. The first-order valence-electron chi connectivity index (χ1n) is 11.7. The molecule has 1 radical (unpaired) electrons. The minimum atomic E-state index is -0.00183. The van der Waals surface area contributed by atoms with Crippen LogP contribution in [0.15, 0.2) is 84.9 Å². The molecular weight excluding hydrogens is 385 g/mol. The molecule has 1 aliphatic carbocycles. The highest BCUT2D eigenvalue weighted by Crippen LogP contribution is 2.50. The molecule has 4 aromatic carbocycles. The zero-order valence-corrected chi connectivity index (χ0v) is 19.0. The Hall–Kier alpha value is -3.26. The predicted octanol–water partition coefficient (Wildman–Crippen LogP) is 7.25. The third-order valence-electron chi connectivity index (χ3n) is 7.18. The van der Waals surface area contributed by atoms with E-state index in [2.05, 4.69) is 118 Å². The molecule has 0 bridgehead atoms. The average molecular weight is 412 g/mol. The normalized spacial score (nSPS) is 14.0. The lowest BCUT2D eigenvalue weighted by Gasteiger charge is -2.21. The van der Waals surface area contributed by atoms with Crippen molar-refractivity contribution in [1.29, 1.82) is 0 Å². The quantitative estimate of drug-likeness (QED) is 0.274. The van der Waals surface area contributed by atoms with Crippen LogP contribution in [0.1, 0.15) is 38.3 Å². The second kappa shape index (κ2) is 7.13. The molecule has 2 heteroatoms. The Kier molecular flexibility index (Phi) is 4.33. The van der Waals surface area contributed by atoms with Crippen LogP contribution in [0.5, 0.6) is 0 Å². The lowest BCUT2D eigenvalue weighted by atomic mass is 9.66. The van der Waals surface area contributed by atoms with E-state index in [1.54, 1.807) is 0 Å². The van der Waals surface area contributed by atoms with Crippen LogP contribution in [0, 0.1) is 0 Å². The molecule has 0 N–H and O–H groups in total. The number of hydrogen-bond donors (Lipinski definition) is 0. The Labute approximate surface area is 190 Å². The van der Waals surface area contributed by atoms with Crippen molar-refractivity contribution in [2.75, 3.05) is 0 Å². The highest BCUT2D eigenvalue weighted by molar-refractivity contribution is 6.53. The van der Waals surface area contributed by atoms with Crippen molar-refractivity contribution in [3.05, 3.63) is 96.1 Å². The average Bonchev–Trinajstić information content (AvgIpc) is 3.26. The van der Waals surface area contributed by atoms with Crippen LogP contribution >= 0.6 is 0 Å². The topological polar surface area (TPSA) is 4.93 Å². The van der Waals surface area contributed by atoms with Crippen molar-refractivity contribution in [2.24, 2.45) is 0 Å². The van der Waals surface area contributed by atoms with Gasteiger partial charge < -0.3 is 4.57 Å². The molecule has 6 rings (SSSR count). The number of benzene rings is 4. The van der Waals surface area contributed by atoms with Gasteiger partial charge in [-0.25, -0.2) is 0 Å². The molecule has 0 atom stereocenters. The fourth-order valence-electron chi connectivity index (χ4n) is 5.52. The van der Waals surface area contributed by atoms with Crippen molar-refractivity contribution in [1.82, 2.24) is 4.57 Å². The third kappa shape index (κ3) is 2.72. The van der Waals surface area contributed by atoms with Gasteiger partial charge in [-0.15, -0.1) is 0 Å². The fourth-order valence-corrected chi connectivity index (χ4v) is 5.52. The van der Waals surface area contributed by atoms with E-state index in [9.17, 15) is 0 Å². The van der Waals surface area contributed by atoms with Gasteiger partial charge in [-0.05, 0) is 52.6 Å². The largest absolute Gasteiger partial charge is 0.309 e. The summed E-state index contributed by atoms with van der Waals surface area (Å²) >= 11 is 0.